The van der Waals surface area contributed by atoms with Gasteiger partial charge in [0.1, 0.15) is 23.1 Å². The van der Waals surface area contributed by atoms with Crippen molar-refractivity contribution >= 4 is 42.6 Å². The van der Waals surface area contributed by atoms with E-state index in [1.165, 1.54) is 34.5 Å². The Labute approximate surface area is 211 Å². The van der Waals surface area contributed by atoms with Crippen molar-refractivity contribution in [2.24, 2.45) is 0 Å². The molecule has 0 N–H and O–H groups in total. The zero-order chi connectivity index (χ0) is 25.4. The Kier molecular flexibility index (Phi) is 6.95. The van der Waals surface area contributed by atoms with Crippen molar-refractivity contribution in [2.75, 3.05) is 31.7 Å². The largest absolute Gasteiger partial charge is 0.497 e. The summed E-state index contributed by atoms with van der Waals surface area (Å²) < 4.78 is 67.4. The van der Waals surface area contributed by atoms with Gasteiger partial charge in [-0.1, -0.05) is 11.3 Å². The van der Waals surface area contributed by atoms with Crippen LogP contribution in [-0.2, 0) is 19.6 Å². The van der Waals surface area contributed by atoms with Crippen LogP contribution < -0.4 is 9.64 Å². The summed E-state index contributed by atoms with van der Waals surface area (Å²) in [5.74, 6) is -1.49. The molecule has 3 aromatic rings. The van der Waals surface area contributed by atoms with Crippen molar-refractivity contribution in [3.05, 3.63) is 48.0 Å². The first-order chi connectivity index (χ1) is 17.3. The lowest BCUT2D eigenvalue weighted by Crippen LogP contribution is -2.49. The lowest BCUT2D eigenvalue weighted by molar-refractivity contribution is -0.122. The van der Waals surface area contributed by atoms with Gasteiger partial charge in [-0.15, -0.1) is 0 Å². The van der Waals surface area contributed by atoms with Gasteiger partial charge in [0.05, 0.1) is 29.4 Å². The average molecular weight is 538 g/mol. The minimum Gasteiger partial charge on any atom is -0.497 e. The van der Waals surface area contributed by atoms with Gasteiger partial charge in [0, 0.05) is 19.2 Å². The maximum atomic E-state index is 14.4. The SMILES string of the molecule is COc1ccc(S(=O)(=O)N2CCCC2C(=O)N(CC2CCCO2)c2nc3c(F)cc(F)cc3s2)cc1. The first-order valence-electron chi connectivity index (χ1n) is 11.6. The van der Waals surface area contributed by atoms with Gasteiger partial charge in [-0.3, -0.25) is 9.69 Å². The number of methoxy groups -OCH3 is 1. The number of sulfonamides is 1. The molecule has 192 valence electrons. The van der Waals surface area contributed by atoms with Crippen LogP contribution in [0.2, 0.25) is 0 Å². The standard InChI is InChI=1S/C24H25F2N3O5S2/c1-33-16-6-8-18(9-7-16)36(31,32)29-10-2-5-20(29)23(30)28(14-17-4-3-11-34-17)24-27-22-19(26)12-15(25)13-21(22)35-24/h6-9,12-13,17,20H,2-5,10-11,14H2,1H3. The summed E-state index contributed by atoms with van der Waals surface area (Å²) >= 11 is 0.990. The summed E-state index contributed by atoms with van der Waals surface area (Å²) in [5.41, 5.74) is -0.0318. The van der Waals surface area contributed by atoms with Crippen molar-refractivity contribution in [3.8, 4) is 5.75 Å². The van der Waals surface area contributed by atoms with Gasteiger partial charge in [0.15, 0.2) is 10.9 Å². The molecule has 2 aliphatic heterocycles. The number of aromatic nitrogens is 1. The lowest BCUT2D eigenvalue weighted by atomic mass is 10.2. The molecule has 5 rings (SSSR count). The van der Waals surface area contributed by atoms with Gasteiger partial charge >= 0.3 is 0 Å². The molecule has 2 aliphatic rings. The molecule has 0 bridgehead atoms. The van der Waals surface area contributed by atoms with Gasteiger partial charge in [-0.2, -0.15) is 4.31 Å². The molecule has 2 saturated heterocycles. The van der Waals surface area contributed by atoms with E-state index in [4.69, 9.17) is 9.47 Å². The van der Waals surface area contributed by atoms with Crippen LogP contribution in [0.3, 0.4) is 0 Å². The predicted molar refractivity (Wildman–Crippen MR) is 131 cm³/mol. The molecule has 2 unspecified atom stereocenters. The van der Waals surface area contributed by atoms with E-state index >= 15 is 0 Å². The fraction of sp³-hybridized carbons (Fsp3) is 0.417. The van der Waals surface area contributed by atoms with Crippen LogP contribution in [0.5, 0.6) is 5.75 Å². The molecule has 1 amide bonds. The second kappa shape index (κ2) is 10.0. The molecule has 0 aliphatic carbocycles. The Hall–Kier alpha value is -2.67. The minimum atomic E-state index is -3.97. The van der Waals surface area contributed by atoms with E-state index in [1.807, 2.05) is 0 Å². The smallest absolute Gasteiger partial charge is 0.247 e. The highest BCUT2D eigenvalue weighted by molar-refractivity contribution is 7.89. The third-order valence-corrected chi connectivity index (χ3v) is 9.41. The van der Waals surface area contributed by atoms with Gasteiger partial charge in [-0.25, -0.2) is 22.2 Å². The third kappa shape index (κ3) is 4.70. The molecule has 1 aromatic heterocycles. The van der Waals surface area contributed by atoms with Gasteiger partial charge in [0.2, 0.25) is 15.9 Å². The number of amides is 1. The second-order valence-corrected chi connectivity index (χ2v) is 11.7. The first-order valence-corrected chi connectivity index (χ1v) is 13.9. The molecule has 8 nitrogen and oxygen atoms in total. The molecular weight excluding hydrogens is 512 g/mol. The molecule has 2 atom stereocenters. The van der Waals surface area contributed by atoms with E-state index < -0.39 is 33.6 Å². The number of rotatable bonds is 7. The Morgan fingerprint density at radius 2 is 2.00 bits per heavy atom. The fourth-order valence-electron chi connectivity index (χ4n) is 4.65. The van der Waals surface area contributed by atoms with E-state index in [1.54, 1.807) is 12.1 Å². The number of benzene rings is 2. The van der Waals surface area contributed by atoms with E-state index in [0.717, 1.165) is 30.2 Å². The van der Waals surface area contributed by atoms with E-state index in [2.05, 4.69) is 4.98 Å². The van der Waals surface area contributed by atoms with E-state index in [0.29, 0.717) is 25.2 Å². The van der Waals surface area contributed by atoms with Crippen LogP contribution >= 0.6 is 11.3 Å². The van der Waals surface area contributed by atoms with Crippen molar-refractivity contribution in [1.29, 1.82) is 0 Å². The van der Waals surface area contributed by atoms with Crippen molar-refractivity contribution in [2.45, 2.75) is 42.7 Å². The van der Waals surface area contributed by atoms with Gasteiger partial charge in [-0.05, 0) is 56.0 Å². The highest BCUT2D eigenvalue weighted by Gasteiger charge is 2.42. The lowest BCUT2D eigenvalue weighted by Gasteiger charge is -2.29. The minimum absolute atomic E-state index is 0.0318. The number of nitrogens with zero attached hydrogens (tertiary/aromatic N) is 3. The summed E-state index contributed by atoms with van der Waals surface area (Å²) in [6.45, 7) is 0.904. The molecule has 2 aromatic carbocycles. The quantitative estimate of drug-likeness (QED) is 0.454. The Morgan fingerprint density at radius 3 is 2.69 bits per heavy atom. The number of thiazole rings is 1. The molecule has 2 fully saturated rings. The third-order valence-electron chi connectivity index (χ3n) is 6.46. The molecule has 0 saturated carbocycles. The molecule has 12 heteroatoms. The number of hydrogen-bond acceptors (Lipinski definition) is 7. The maximum absolute atomic E-state index is 14.4. The number of carbonyl (C=O) groups excluding carboxylic acids is 1. The van der Waals surface area contributed by atoms with Crippen LogP contribution in [-0.4, -0.2) is 62.6 Å². The number of fused-ring (bicyclic) bond motifs is 1. The molecule has 0 radical (unpaired) electrons. The zero-order valence-electron chi connectivity index (χ0n) is 19.5. The van der Waals surface area contributed by atoms with Crippen molar-refractivity contribution in [1.82, 2.24) is 9.29 Å². The highest BCUT2D eigenvalue weighted by Crippen LogP contribution is 2.35. The molecule has 36 heavy (non-hydrogen) atoms. The van der Waals surface area contributed by atoms with E-state index in [-0.39, 0.29) is 39.4 Å². The number of hydrogen-bond donors (Lipinski definition) is 0. The second-order valence-electron chi connectivity index (χ2n) is 8.76. The Morgan fingerprint density at radius 1 is 1.22 bits per heavy atom. The highest BCUT2D eigenvalue weighted by atomic mass is 32.2. The number of halogens is 2. The summed E-state index contributed by atoms with van der Waals surface area (Å²) in [7, 11) is -2.48. The first kappa shape index (κ1) is 25.0. The van der Waals surface area contributed by atoms with Gasteiger partial charge in [0.25, 0.3) is 0 Å². The normalized spacial score (nSPS) is 20.8. The molecule has 3 heterocycles. The van der Waals surface area contributed by atoms with Crippen LogP contribution in [0.1, 0.15) is 25.7 Å². The average Bonchev–Trinajstić information content (AvgIpc) is 3.63. The summed E-state index contributed by atoms with van der Waals surface area (Å²) in [6, 6.07) is 6.97. The molecular formula is C24H25F2N3O5S2. The maximum Gasteiger partial charge on any atom is 0.247 e. The van der Waals surface area contributed by atoms with Crippen LogP contribution in [0.4, 0.5) is 13.9 Å². The Bertz CT molecular complexity index is 1370. The van der Waals surface area contributed by atoms with Crippen molar-refractivity contribution in [3.63, 3.8) is 0 Å². The summed E-state index contributed by atoms with van der Waals surface area (Å²) in [5, 5.41) is 0.184. The summed E-state index contributed by atoms with van der Waals surface area (Å²) in [6.07, 6.45) is 2.17. The predicted octanol–water partition coefficient (Wildman–Crippen LogP) is 3.95. The number of anilines is 1. The Balaban J connectivity index is 1.49. The zero-order valence-corrected chi connectivity index (χ0v) is 21.2. The molecule has 0 spiro atoms. The van der Waals surface area contributed by atoms with Crippen molar-refractivity contribution < 1.29 is 31.5 Å². The van der Waals surface area contributed by atoms with Gasteiger partial charge < -0.3 is 9.47 Å². The topological polar surface area (TPSA) is 89.0 Å². The summed E-state index contributed by atoms with van der Waals surface area (Å²) in [4.78, 5) is 19.6. The van der Waals surface area contributed by atoms with Crippen LogP contribution in [0.15, 0.2) is 41.3 Å². The van der Waals surface area contributed by atoms with Crippen LogP contribution in [0.25, 0.3) is 10.2 Å². The van der Waals surface area contributed by atoms with Crippen LogP contribution in [0, 0.1) is 11.6 Å². The number of ether oxygens (including phenoxy) is 2. The van der Waals surface area contributed by atoms with E-state index in [9.17, 15) is 22.0 Å². The monoisotopic (exact) mass is 537 g/mol. The number of carbonyl (C=O) groups is 1. The fourth-order valence-corrected chi connectivity index (χ4v) is 7.32.